The molecule has 1 fully saturated rings. The molecule has 0 aliphatic heterocycles. The van der Waals surface area contributed by atoms with Crippen molar-refractivity contribution in [1.29, 1.82) is 0 Å². The first-order chi connectivity index (χ1) is 6.79. The van der Waals surface area contributed by atoms with Crippen LogP contribution >= 0.6 is 15.9 Å². The zero-order valence-electron chi connectivity index (χ0n) is 8.13. The number of para-hydroxylation sites is 1. The van der Waals surface area contributed by atoms with Gasteiger partial charge in [0.2, 0.25) is 0 Å². The Labute approximate surface area is 91.9 Å². The molecular weight excluding hydrogens is 238 g/mol. The monoisotopic (exact) mass is 249 g/mol. The van der Waals surface area contributed by atoms with Crippen LogP contribution in [-0.4, -0.2) is 4.57 Å². The molecule has 1 aromatic carbocycles. The van der Waals surface area contributed by atoms with E-state index in [0.29, 0.717) is 0 Å². The summed E-state index contributed by atoms with van der Waals surface area (Å²) in [5.74, 6) is 0.793. The predicted molar refractivity (Wildman–Crippen MR) is 62.6 cm³/mol. The van der Waals surface area contributed by atoms with Gasteiger partial charge in [0.15, 0.2) is 0 Å². The third-order valence-corrected chi connectivity index (χ3v) is 3.89. The average molecular weight is 250 g/mol. The van der Waals surface area contributed by atoms with Crippen molar-refractivity contribution in [1.82, 2.24) is 4.57 Å². The van der Waals surface area contributed by atoms with Crippen LogP contribution in [-0.2, 0) is 7.05 Å². The number of halogens is 1. The molecule has 14 heavy (non-hydrogen) atoms. The van der Waals surface area contributed by atoms with Crippen molar-refractivity contribution in [3.05, 3.63) is 34.4 Å². The summed E-state index contributed by atoms with van der Waals surface area (Å²) in [5, 5.41) is 1.34. The fraction of sp³-hybridized carbons (Fsp3) is 0.333. The molecule has 1 saturated carbocycles. The molecule has 72 valence electrons. The summed E-state index contributed by atoms with van der Waals surface area (Å²) in [4.78, 5) is 0. The highest BCUT2D eigenvalue weighted by Gasteiger charge is 2.29. The highest BCUT2D eigenvalue weighted by atomic mass is 79.9. The van der Waals surface area contributed by atoms with E-state index in [1.807, 2.05) is 0 Å². The van der Waals surface area contributed by atoms with Crippen molar-refractivity contribution in [3.63, 3.8) is 0 Å². The fourth-order valence-electron chi connectivity index (χ4n) is 2.18. The average Bonchev–Trinajstić information content (AvgIpc) is 2.99. The van der Waals surface area contributed by atoms with E-state index in [0.717, 1.165) is 5.92 Å². The SMILES string of the molecule is Cn1c(C2CC2)c(Br)c2ccccc21. The van der Waals surface area contributed by atoms with Crippen LogP contribution in [0.15, 0.2) is 28.7 Å². The van der Waals surface area contributed by atoms with Gasteiger partial charge in [-0.05, 0) is 34.8 Å². The molecule has 0 bridgehead atoms. The maximum atomic E-state index is 3.72. The van der Waals surface area contributed by atoms with Gasteiger partial charge in [0, 0.05) is 34.0 Å². The Morgan fingerprint density at radius 2 is 2.00 bits per heavy atom. The van der Waals surface area contributed by atoms with E-state index in [1.165, 1.54) is 33.9 Å². The lowest BCUT2D eigenvalue weighted by atomic mass is 10.2. The van der Waals surface area contributed by atoms with Crippen molar-refractivity contribution in [2.45, 2.75) is 18.8 Å². The Kier molecular flexibility index (Phi) is 1.75. The van der Waals surface area contributed by atoms with Crippen LogP contribution in [0.2, 0.25) is 0 Å². The quantitative estimate of drug-likeness (QED) is 0.725. The van der Waals surface area contributed by atoms with E-state index < -0.39 is 0 Å². The molecule has 0 unspecified atom stereocenters. The van der Waals surface area contributed by atoms with Gasteiger partial charge < -0.3 is 4.57 Å². The molecular formula is C12H12BrN. The fourth-order valence-corrected chi connectivity index (χ4v) is 3.10. The second kappa shape index (κ2) is 2.86. The number of hydrogen-bond donors (Lipinski definition) is 0. The molecule has 0 spiro atoms. The molecule has 0 N–H and O–H groups in total. The van der Waals surface area contributed by atoms with E-state index in [-0.39, 0.29) is 0 Å². The highest BCUT2D eigenvalue weighted by molar-refractivity contribution is 9.10. The van der Waals surface area contributed by atoms with E-state index in [4.69, 9.17) is 0 Å². The van der Waals surface area contributed by atoms with Crippen molar-refractivity contribution in [3.8, 4) is 0 Å². The van der Waals surface area contributed by atoms with Gasteiger partial charge in [-0.3, -0.25) is 0 Å². The number of fused-ring (bicyclic) bond motifs is 1. The Morgan fingerprint density at radius 1 is 1.29 bits per heavy atom. The van der Waals surface area contributed by atoms with Crippen molar-refractivity contribution in [2.24, 2.45) is 7.05 Å². The number of aromatic nitrogens is 1. The zero-order chi connectivity index (χ0) is 9.71. The van der Waals surface area contributed by atoms with Crippen LogP contribution in [0.1, 0.15) is 24.5 Å². The second-order valence-corrected chi connectivity index (χ2v) is 4.84. The lowest BCUT2D eigenvalue weighted by molar-refractivity contribution is 0.852. The summed E-state index contributed by atoms with van der Waals surface area (Å²) in [6.45, 7) is 0. The highest BCUT2D eigenvalue weighted by Crippen LogP contribution is 2.46. The van der Waals surface area contributed by atoms with Crippen LogP contribution in [0.25, 0.3) is 10.9 Å². The predicted octanol–water partition coefficient (Wildman–Crippen LogP) is 3.82. The van der Waals surface area contributed by atoms with Gasteiger partial charge in [-0.2, -0.15) is 0 Å². The maximum Gasteiger partial charge on any atom is 0.0491 e. The first-order valence-corrected chi connectivity index (χ1v) is 5.81. The molecule has 1 nitrogen and oxygen atoms in total. The number of hydrogen-bond acceptors (Lipinski definition) is 0. The molecule has 0 amide bonds. The molecule has 0 radical (unpaired) electrons. The molecule has 0 atom stereocenters. The topological polar surface area (TPSA) is 4.93 Å². The number of rotatable bonds is 1. The zero-order valence-corrected chi connectivity index (χ0v) is 9.71. The molecule has 1 aliphatic rings. The van der Waals surface area contributed by atoms with E-state index >= 15 is 0 Å². The first-order valence-electron chi connectivity index (χ1n) is 5.02. The number of aryl methyl sites for hydroxylation is 1. The van der Waals surface area contributed by atoms with Crippen molar-refractivity contribution >= 4 is 26.8 Å². The third-order valence-electron chi connectivity index (χ3n) is 3.05. The smallest absolute Gasteiger partial charge is 0.0491 e. The maximum absolute atomic E-state index is 3.72. The van der Waals surface area contributed by atoms with Gasteiger partial charge in [-0.25, -0.2) is 0 Å². The van der Waals surface area contributed by atoms with Crippen LogP contribution < -0.4 is 0 Å². The van der Waals surface area contributed by atoms with Gasteiger partial charge >= 0.3 is 0 Å². The Balaban J connectivity index is 2.38. The first kappa shape index (κ1) is 8.54. The van der Waals surface area contributed by atoms with Gasteiger partial charge in [0.1, 0.15) is 0 Å². The third kappa shape index (κ3) is 1.07. The van der Waals surface area contributed by atoms with Crippen LogP contribution in [0.4, 0.5) is 0 Å². The molecule has 1 aliphatic carbocycles. The summed E-state index contributed by atoms with van der Waals surface area (Å²) >= 11 is 3.72. The van der Waals surface area contributed by atoms with E-state index in [2.05, 4.69) is 51.8 Å². The Bertz CT molecular complexity index is 455. The molecule has 2 heteroatoms. The largest absolute Gasteiger partial charge is 0.346 e. The minimum atomic E-state index is 0.793. The van der Waals surface area contributed by atoms with Gasteiger partial charge in [0.05, 0.1) is 0 Å². The van der Waals surface area contributed by atoms with E-state index in [9.17, 15) is 0 Å². The lowest BCUT2D eigenvalue weighted by Crippen LogP contribution is -1.93. The van der Waals surface area contributed by atoms with Gasteiger partial charge in [0.25, 0.3) is 0 Å². The lowest BCUT2D eigenvalue weighted by Gasteiger charge is -2.01. The summed E-state index contributed by atoms with van der Waals surface area (Å²) < 4.78 is 3.63. The summed E-state index contributed by atoms with van der Waals surface area (Å²) in [5.41, 5.74) is 2.81. The molecule has 2 aromatic rings. The number of benzene rings is 1. The normalized spacial score (nSPS) is 16.4. The minimum absolute atomic E-state index is 0.793. The van der Waals surface area contributed by atoms with Gasteiger partial charge in [-0.1, -0.05) is 18.2 Å². The minimum Gasteiger partial charge on any atom is -0.346 e. The van der Waals surface area contributed by atoms with Crippen LogP contribution in [0.5, 0.6) is 0 Å². The Morgan fingerprint density at radius 3 is 2.64 bits per heavy atom. The van der Waals surface area contributed by atoms with Crippen molar-refractivity contribution in [2.75, 3.05) is 0 Å². The Hall–Kier alpha value is -0.760. The summed E-state index contributed by atoms with van der Waals surface area (Å²) in [6.07, 6.45) is 2.70. The standard InChI is InChI=1S/C12H12BrN/c1-14-10-5-3-2-4-9(10)11(13)12(14)8-6-7-8/h2-5,8H,6-7H2,1H3. The van der Waals surface area contributed by atoms with Crippen LogP contribution in [0, 0.1) is 0 Å². The number of nitrogens with zero attached hydrogens (tertiary/aromatic N) is 1. The molecule has 0 saturated heterocycles. The molecule has 1 heterocycles. The second-order valence-electron chi connectivity index (χ2n) is 4.05. The van der Waals surface area contributed by atoms with E-state index in [1.54, 1.807) is 0 Å². The molecule has 1 aromatic heterocycles. The summed E-state index contributed by atoms with van der Waals surface area (Å²) in [6, 6.07) is 8.58. The van der Waals surface area contributed by atoms with Crippen molar-refractivity contribution < 1.29 is 0 Å². The summed E-state index contributed by atoms with van der Waals surface area (Å²) in [7, 11) is 2.17. The molecule has 3 rings (SSSR count). The van der Waals surface area contributed by atoms with Gasteiger partial charge in [-0.15, -0.1) is 0 Å². The van der Waals surface area contributed by atoms with Crippen LogP contribution in [0.3, 0.4) is 0 Å².